The number of carbonyl (C=O) groups is 1. The van der Waals surface area contributed by atoms with Gasteiger partial charge in [0.05, 0.1) is 14.2 Å². The molecule has 0 fully saturated rings. The van der Waals surface area contributed by atoms with Crippen LogP contribution in [0, 0.1) is 0 Å². The fourth-order valence-corrected chi connectivity index (χ4v) is 1.93. The van der Waals surface area contributed by atoms with Gasteiger partial charge in [-0.2, -0.15) is 0 Å². The van der Waals surface area contributed by atoms with Crippen LogP contribution in [0.1, 0.15) is 11.1 Å². The first-order valence-electron chi connectivity index (χ1n) is 5.34. The predicted octanol–water partition coefficient (Wildman–Crippen LogP) is 1.69. The number of hydrogen-bond acceptors (Lipinski definition) is 3. The van der Waals surface area contributed by atoms with E-state index in [1.165, 1.54) is 0 Å². The first kappa shape index (κ1) is 11.5. The molecule has 0 atom stereocenters. The van der Waals surface area contributed by atoms with Crippen LogP contribution in [0.5, 0.6) is 11.5 Å². The van der Waals surface area contributed by atoms with Gasteiger partial charge < -0.3 is 14.4 Å². The Morgan fingerprint density at radius 1 is 1.18 bits per heavy atom. The van der Waals surface area contributed by atoms with E-state index in [0.29, 0.717) is 18.0 Å². The summed E-state index contributed by atoms with van der Waals surface area (Å²) in [6.07, 6.45) is 3.38. The van der Waals surface area contributed by atoms with E-state index in [1.54, 1.807) is 32.2 Å². The van der Waals surface area contributed by atoms with Crippen molar-refractivity contribution < 1.29 is 14.3 Å². The lowest BCUT2D eigenvalue weighted by atomic mass is 10.1. The van der Waals surface area contributed by atoms with E-state index >= 15 is 0 Å². The third-order valence-corrected chi connectivity index (χ3v) is 2.86. The molecule has 90 valence electrons. The number of ether oxygens (including phenoxy) is 2. The fraction of sp³-hybridized carbons (Fsp3) is 0.308. The lowest BCUT2D eigenvalue weighted by Crippen LogP contribution is -2.23. The van der Waals surface area contributed by atoms with Gasteiger partial charge in [-0.15, -0.1) is 0 Å². The average Bonchev–Trinajstić information content (AvgIpc) is 2.48. The molecule has 1 amide bonds. The Balaban J connectivity index is 2.57. The fourth-order valence-electron chi connectivity index (χ4n) is 1.93. The summed E-state index contributed by atoms with van der Waals surface area (Å²) in [6.45, 7) is 0.515. The molecule has 4 heteroatoms. The molecule has 0 N–H and O–H groups in total. The third-order valence-electron chi connectivity index (χ3n) is 2.86. The highest BCUT2D eigenvalue weighted by Crippen LogP contribution is 2.35. The molecule has 0 saturated heterocycles. The van der Waals surface area contributed by atoms with Crippen LogP contribution in [0.4, 0.5) is 0 Å². The zero-order valence-electron chi connectivity index (χ0n) is 10.2. The summed E-state index contributed by atoms with van der Waals surface area (Å²) >= 11 is 0. The van der Waals surface area contributed by atoms with Crippen molar-refractivity contribution in [1.29, 1.82) is 0 Å². The van der Waals surface area contributed by atoms with Crippen molar-refractivity contribution in [2.45, 2.75) is 6.54 Å². The van der Waals surface area contributed by atoms with Crippen molar-refractivity contribution >= 4 is 12.0 Å². The van der Waals surface area contributed by atoms with Crippen molar-refractivity contribution in [2.24, 2.45) is 0 Å². The maximum atomic E-state index is 11.6. The van der Waals surface area contributed by atoms with Gasteiger partial charge in [-0.3, -0.25) is 4.79 Å². The molecule has 1 aromatic carbocycles. The highest BCUT2D eigenvalue weighted by molar-refractivity contribution is 5.93. The summed E-state index contributed by atoms with van der Waals surface area (Å²) in [4.78, 5) is 13.2. The van der Waals surface area contributed by atoms with Crippen LogP contribution in [0.2, 0.25) is 0 Å². The Hall–Kier alpha value is -1.97. The number of methoxy groups -OCH3 is 2. The predicted molar refractivity (Wildman–Crippen MR) is 65.1 cm³/mol. The SMILES string of the molecule is COc1ccc2c(c1OC)CN(C)C(=O)C=C2. The molecule has 0 spiro atoms. The van der Waals surface area contributed by atoms with Gasteiger partial charge in [-0.1, -0.05) is 6.07 Å². The summed E-state index contributed by atoms with van der Waals surface area (Å²) in [5, 5.41) is 0. The lowest BCUT2D eigenvalue weighted by molar-refractivity contribution is -0.125. The van der Waals surface area contributed by atoms with E-state index in [9.17, 15) is 4.79 Å². The maximum absolute atomic E-state index is 11.6. The first-order chi connectivity index (χ1) is 8.17. The van der Waals surface area contributed by atoms with Crippen molar-refractivity contribution in [1.82, 2.24) is 4.90 Å². The van der Waals surface area contributed by atoms with E-state index in [-0.39, 0.29) is 5.91 Å². The zero-order chi connectivity index (χ0) is 12.4. The molecule has 0 saturated carbocycles. The van der Waals surface area contributed by atoms with Crippen LogP contribution in [-0.4, -0.2) is 32.1 Å². The summed E-state index contributed by atoms with van der Waals surface area (Å²) < 4.78 is 10.6. The number of nitrogens with zero attached hydrogens (tertiary/aromatic N) is 1. The Labute approximate surface area is 100 Å². The van der Waals surface area contributed by atoms with Crippen molar-refractivity contribution in [3.8, 4) is 11.5 Å². The van der Waals surface area contributed by atoms with Gasteiger partial charge in [-0.25, -0.2) is 0 Å². The van der Waals surface area contributed by atoms with Gasteiger partial charge >= 0.3 is 0 Å². The molecular weight excluding hydrogens is 218 g/mol. The largest absolute Gasteiger partial charge is 0.493 e. The highest BCUT2D eigenvalue weighted by Gasteiger charge is 2.19. The second kappa shape index (κ2) is 4.49. The Bertz CT molecular complexity index is 480. The van der Waals surface area contributed by atoms with E-state index in [1.807, 2.05) is 18.2 Å². The van der Waals surface area contributed by atoms with Crippen LogP contribution >= 0.6 is 0 Å². The van der Waals surface area contributed by atoms with E-state index < -0.39 is 0 Å². The van der Waals surface area contributed by atoms with Crippen LogP contribution in [0.3, 0.4) is 0 Å². The maximum Gasteiger partial charge on any atom is 0.246 e. The zero-order valence-corrected chi connectivity index (χ0v) is 10.2. The highest BCUT2D eigenvalue weighted by atomic mass is 16.5. The Morgan fingerprint density at radius 3 is 2.59 bits per heavy atom. The van der Waals surface area contributed by atoms with Gasteiger partial charge in [0.1, 0.15) is 0 Å². The minimum Gasteiger partial charge on any atom is -0.493 e. The smallest absolute Gasteiger partial charge is 0.246 e. The number of rotatable bonds is 2. The van der Waals surface area contributed by atoms with Gasteiger partial charge in [0.25, 0.3) is 0 Å². The molecule has 0 radical (unpaired) electrons. The van der Waals surface area contributed by atoms with Crippen LogP contribution < -0.4 is 9.47 Å². The number of benzene rings is 1. The molecule has 1 aliphatic heterocycles. The van der Waals surface area contributed by atoms with Crippen molar-refractivity contribution in [2.75, 3.05) is 21.3 Å². The number of fused-ring (bicyclic) bond motifs is 1. The number of amides is 1. The normalized spacial score (nSPS) is 14.3. The number of carbonyl (C=O) groups excluding carboxylic acids is 1. The van der Waals surface area contributed by atoms with Crippen molar-refractivity contribution in [3.63, 3.8) is 0 Å². The lowest BCUT2D eigenvalue weighted by Gasteiger charge is -2.18. The molecule has 0 aliphatic carbocycles. The topological polar surface area (TPSA) is 38.8 Å². The second-order valence-electron chi connectivity index (χ2n) is 3.90. The Morgan fingerprint density at radius 2 is 1.94 bits per heavy atom. The minimum absolute atomic E-state index is 0.0118. The molecule has 4 nitrogen and oxygen atoms in total. The molecule has 1 aliphatic rings. The van der Waals surface area contributed by atoms with E-state index in [2.05, 4.69) is 0 Å². The third kappa shape index (κ3) is 1.98. The van der Waals surface area contributed by atoms with Crippen LogP contribution in [0.15, 0.2) is 18.2 Å². The molecular formula is C13H15NO3. The first-order valence-corrected chi connectivity index (χ1v) is 5.34. The van der Waals surface area contributed by atoms with Crippen molar-refractivity contribution in [3.05, 3.63) is 29.3 Å². The van der Waals surface area contributed by atoms with Gasteiger partial charge in [-0.05, 0) is 17.7 Å². The second-order valence-corrected chi connectivity index (χ2v) is 3.90. The van der Waals surface area contributed by atoms with E-state index in [0.717, 1.165) is 11.1 Å². The van der Waals surface area contributed by atoms with Crippen LogP contribution in [0.25, 0.3) is 6.08 Å². The quantitative estimate of drug-likeness (QED) is 0.780. The molecule has 1 aromatic rings. The summed E-state index contributed by atoms with van der Waals surface area (Å²) in [6, 6.07) is 3.78. The van der Waals surface area contributed by atoms with Gasteiger partial charge in [0, 0.05) is 25.2 Å². The molecule has 2 rings (SSSR count). The van der Waals surface area contributed by atoms with Gasteiger partial charge in [0.2, 0.25) is 5.91 Å². The molecule has 0 unspecified atom stereocenters. The molecule has 0 aromatic heterocycles. The van der Waals surface area contributed by atoms with E-state index in [4.69, 9.17) is 9.47 Å². The monoisotopic (exact) mass is 233 g/mol. The Kier molecular flexibility index (Phi) is 3.04. The standard InChI is InChI=1S/C13H15NO3/c1-14-8-10-9(5-7-12(14)15)4-6-11(16-2)13(10)17-3/h4-7H,8H2,1-3H3. The number of hydrogen-bond donors (Lipinski definition) is 0. The average molecular weight is 233 g/mol. The summed E-state index contributed by atoms with van der Waals surface area (Å²) in [5.74, 6) is 1.36. The molecule has 17 heavy (non-hydrogen) atoms. The van der Waals surface area contributed by atoms with Gasteiger partial charge in [0.15, 0.2) is 11.5 Å². The summed E-state index contributed by atoms with van der Waals surface area (Å²) in [7, 11) is 4.97. The van der Waals surface area contributed by atoms with Crippen LogP contribution in [-0.2, 0) is 11.3 Å². The summed E-state index contributed by atoms with van der Waals surface area (Å²) in [5.41, 5.74) is 1.96. The molecule has 1 heterocycles. The molecule has 0 bridgehead atoms. The minimum atomic E-state index is -0.0118. The number of likely N-dealkylation sites (N-methyl/N-ethyl adjacent to an activating group) is 1.